The minimum Gasteiger partial charge on any atom is -0.493 e. The quantitative estimate of drug-likeness (QED) is 0.317. The maximum atomic E-state index is 12.5. The summed E-state index contributed by atoms with van der Waals surface area (Å²) in [6, 6.07) is 11.7. The van der Waals surface area contributed by atoms with Crippen molar-refractivity contribution in [3.8, 4) is 0 Å². The van der Waals surface area contributed by atoms with Gasteiger partial charge in [-0.15, -0.1) is 0 Å². The van der Waals surface area contributed by atoms with Crippen LogP contribution in [0.15, 0.2) is 59.9 Å². The highest BCUT2D eigenvalue weighted by molar-refractivity contribution is 6.36. The van der Waals surface area contributed by atoms with Crippen molar-refractivity contribution in [2.24, 2.45) is 0 Å². The van der Waals surface area contributed by atoms with Gasteiger partial charge in [0.15, 0.2) is 0 Å². The Morgan fingerprint density at radius 1 is 1.03 bits per heavy atom. The largest absolute Gasteiger partial charge is 0.493 e. The smallest absolute Gasteiger partial charge is 0.150 e. The summed E-state index contributed by atoms with van der Waals surface area (Å²) >= 11 is 12.9. The number of aryl methyl sites for hydroxylation is 1. The second-order valence-corrected chi connectivity index (χ2v) is 10.9. The maximum Gasteiger partial charge on any atom is 0.150 e. The van der Waals surface area contributed by atoms with Crippen molar-refractivity contribution in [1.29, 1.82) is 0 Å². The third-order valence-corrected chi connectivity index (χ3v) is 8.10. The minimum atomic E-state index is -0.264. The fourth-order valence-electron chi connectivity index (χ4n) is 5.77. The zero-order chi connectivity index (χ0) is 25.8. The molecule has 0 aromatic heterocycles. The number of carbonyl (C=O) groups excluding carboxylic acids is 1. The van der Waals surface area contributed by atoms with Crippen LogP contribution in [0.4, 0.5) is 4.39 Å². The first-order chi connectivity index (χ1) is 18.1. The summed E-state index contributed by atoms with van der Waals surface area (Å²) in [6.07, 6.45) is 11.4. The molecule has 0 N–H and O–H groups in total. The second-order valence-electron chi connectivity index (χ2n) is 10.1. The zero-order valence-electron chi connectivity index (χ0n) is 20.9. The van der Waals surface area contributed by atoms with Crippen LogP contribution in [0.3, 0.4) is 0 Å². The monoisotopic (exact) mass is 539 g/mol. The number of hydrogen-bond donors (Lipinski definition) is 0. The van der Waals surface area contributed by atoms with Crippen LogP contribution in [0.2, 0.25) is 10.0 Å². The van der Waals surface area contributed by atoms with E-state index in [1.807, 2.05) is 30.3 Å². The number of fused-ring (bicyclic) bond motifs is 1. The Bertz CT molecular complexity index is 1270. The summed E-state index contributed by atoms with van der Waals surface area (Å²) in [5.41, 5.74) is 7.78. The molecule has 3 aliphatic rings. The Labute approximate surface area is 228 Å². The molecule has 0 bridgehead atoms. The van der Waals surface area contributed by atoms with E-state index in [1.54, 1.807) is 0 Å². The first-order valence-electron chi connectivity index (χ1n) is 13.2. The number of nitrogens with zero attached hydrogens (tertiary/aromatic N) is 1. The van der Waals surface area contributed by atoms with Gasteiger partial charge in [0, 0.05) is 41.7 Å². The van der Waals surface area contributed by atoms with Crippen LogP contribution in [0.5, 0.6) is 0 Å². The van der Waals surface area contributed by atoms with Gasteiger partial charge in [0.2, 0.25) is 0 Å². The molecule has 1 saturated heterocycles. The standard InChI is InChI=1S/C31H32Cl2FNO2/c32-24-8-12-28(30(33)18-24)29-4-1-3-23-17-21(20-36)5-11-27(23)31(29)22-6-9-25(10-7-22)37-26-13-16-35(19-26)15-2-14-34/h5-6,8-9,11-12,17-18,20,26H,1-4,7,10,13-16,19H2/t26-/m0/s1. The molecule has 0 amide bonds. The first kappa shape index (κ1) is 26.2. The van der Waals surface area contributed by atoms with Crippen molar-refractivity contribution < 1.29 is 13.9 Å². The minimum absolute atomic E-state index is 0.170. The highest BCUT2D eigenvalue weighted by Crippen LogP contribution is 2.44. The average Bonchev–Trinajstić information content (AvgIpc) is 3.26. The summed E-state index contributed by atoms with van der Waals surface area (Å²) < 4.78 is 18.9. The lowest BCUT2D eigenvalue weighted by atomic mass is 9.84. The number of carbonyl (C=O) groups is 1. The third kappa shape index (κ3) is 6.03. The lowest BCUT2D eigenvalue weighted by Crippen LogP contribution is -2.24. The van der Waals surface area contributed by atoms with E-state index < -0.39 is 0 Å². The van der Waals surface area contributed by atoms with Gasteiger partial charge in [0.05, 0.1) is 12.4 Å². The van der Waals surface area contributed by atoms with Crippen LogP contribution < -0.4 is 0 Å². The highest BCUT2D eigenvalue weighted by atomic mass is 35.5. The van der Waals surface area contributed by atoms with Crippen molar-refractivity contribution in [3.63, 3.8) is 0 Å². The molecule has 1 aliphatic heterocycles. The topological polar surface area (TPSA) is 29.5 Å². The van der Waals surface area contributed by atoms with Crippen LogP contribution in [0.1, 0.15) is 65.6 Å². The van der Waals surface area contributed by atoms with E-state index >= 15 is 0 Å². The number of hydrogen-bond acceptors (Lipinski definition) is 3. The predicted molar refractivity (Wildman–Crippen MR) is 150 cm³/mol. The summed E-state index contributed by atoms with van der Waals surface area (Å²) in [6.45, 7) is 2.37. The molecule has 2 aromatic rings. The highest BCUT2D eigenvalue weighted by Gasteiger charge is 2.27. The van der Waals surface area contributed by atoms with Gasteiger partial charge in [-0.3, -0.25) is 14.1 Å². The van der Waals surface area contributed by atoms with Crippen LogP contribution in [0, 0.1) is 0 Å². The van der Waals surface area contributed by atoms with Gasteiger partial charge in [-0.05, 0) is 96.2 Å². The summed E-state index contributed by atoms with van der Waals surface area (Å²) in [5.74, 6) is 1.01. The maximum absolute atomic E-state index is 12.5. The predicted octanol–water partition coefficient (Wildman–Crippen LogP) is 8.11. The molecule has 194 valence electrons. The van der Waals surface area contributed by atoms with Crippen molar-refractivity contribution >= 4 is 40.6 Å². The van der Waals surface area contributed by atoms with E-state index in [1.165, 1.54) is 27.8 Å². The van der Waals surface area contributed by atoms with Gasteiger partial charge in [-0.25, -0.2) is 0 Å². The molecule has 2 aromatic carbocycles. The Balaban J connectivity index is 1.48. The molecule has 0 spiro atoms. The van der Waals surface area contributed by atoms with Gasteiger partial charge >= 0.3 is 0 Å². The number of halogens is 3. The molecule has 5 rings (SSSR count). The molecule has 0 radical (unpaired) electrons. The van der Waals surface area contributed by atoms with Crippen LogP contribution in [-0.2, 0) is 11.2 Å². The van der Waals surface area contributed by atoms with Crippen molar-refractivity contribution in [1.82, 2.24) is 4.90 Å². The molecule has 6 heteroatoms. The van der Waals surface area contributed by atoms with Crippen LogP contribution in [-0.4, -0.2) is 43.6 Å². The van der Waals surface area contributed by atoms with Gasteiger partial charge in [-0.1, -0.05) is 47.5 Å². The van der Waals surface area contributed by atoms with Gasteiger partial charge in [0.1, 0.15) is 12.4 Å². The zero-order valence-corrected chi connectivity index (χ0v) is 22.5. The molecule has 2 aliphatic carbocycles. The number of ether oxygens (including phenoxy) is 1. The van der Waals surface area contributed by atoms with Gasteiger partial charge < -0.3 is 4.74 Å². The first-order valence-corrected chi connectivity index (χ1v) is 13.9. The second kappa shape index (κ2) is 12.0. The molecule has 0 unspecified atom stereocenters. The molecular formula is C31H32Cl2FNO2. The summed E-state index contributed by atoms with van der Waals surface area (Å²) in [7, 11) is 0. The Hall–Kier alpha value is -2.40. The molecule has 1 heterocycles. The van der Waals surface area contributed by atoms with E-state index in [4.69, 9.17) is 27.9 Å². The Morgan fingerprint density at radius 2 is 1.89 bits per heavy atom. The third-order valence-electron chi connectivity index (χ3n) is 7.55. The van der Waals surface area contributed by atoms with Crippen LogP contribution in [0.25, 0.3) is 11.1 Å². The van der Waals surface area contributed by atoms with E-state index in [2.05, 4.69) is 23.1 Å². The number of aldehydes is 1. The Morgan fingerprint density at radius 3 is 2.65 bits per heavy atom. The fraction of sp³-hybridized carbons (Fsp3) is 0.387. The van der Waals surface area contributed by atoms with Crippen molar-refractivity contribution in [2.45, 2.75) is 51.0 Å². The molecule has 37 heavy (non-hydrogen) atoms. The summed E-state index contributed by atoms with van der Waals surface area (Å²) in [5, 5.41) is 1.28. The molecule has 1 fully saturated rings. The van der Waals surface area contributed by atoms with Gasteiger partial charge in [0.25, 0.3) is 0 Å². The number of rotatable bonds is 8. The lowest BCUT2D eigenvalue weighted by Gasteiger charge is -2.24. The molecule has 0 saturated carbocycles. The summed E-state index contributed by atoms with van der Waals surface area (Å²) in [4.78, 5) is 13.8. The van der Waals surface area contributed by atoms with E-state index in [-0.39, 0.29) is 12.8 Å². The number of likely N-dealkylation sites (tertiary alicyclic amines) is 1. The Kier molecular flexibility index (Phi) is 8.49. The number of alkyl halides is 1. The normalized spacial score (nSPS) is 20.2. The van der Waals surface area contributed by atoms with E-state index in [0.29, 0.717) is 22.0 Å². The number of benzene rings is 2. The SMILES string of the molecule is O=Cc1ccc2c(c1)CCCC(c1ccc(Cl)cc1Cl)=C2C1=CC=C(O[C@H]2CCN(CCCF)C2)CC1. The average molecular weight is 541 g/mol. The lowest BCUT2D eigenvalue weighted by molar-refractivity contribution is 0.112. The van der Waals surface area contributed by atoms with E-state index in [0.717, 1.165) is 75.8 Å². The fourth-order valence-corrected chi connectivity index (χ4v) is 6.29. The molecular weight excluding hydrogens is 508 g/mol. The van der Waals surface area contributed by atoms with E-state index in [9.17, 15) is 9.18 Å². The van der Waals surface area contributed by atoms with Crippen molar-refractivity contribution in [3.05, 3.63) is 92.2 Å². The molecule has 3 nitrogen and oxygen atoms in total. The molecule has 1 atom stereocenters. The van der Waals surface area contributed by atoms with Crippen molar-refractivity contribution in [2.75, 3.05) is 26.3 Å². The number of allylic oxidation sites excluding steroid dienone is 6. The van der Waals surface area contributed by atoms with Crippen LogP contribution >= 0.6 is 23.2 Å². The van der Waals surface area contributed by atoms with Gasteiger partial charge in [-0.2, -0.15) is 0 Å².